The number of rotatable bonds is 2. The first-order chi connectivity index (χ1) is 7.44. The summed E-state index contributed by atoms with van der Waals surface area (Å²) in [6.45, 7) is 9.78. The van der Waals surface area contributed by atoms with Gasteiger partial charge < -0.3 is 10.2 Å². The van der Waals surface area contributed by atoms with Crippen molar-refractivity contribution in [2.75, 3.05) is 20.1 Å². The summed E-state index contributed by atoms with van der Waals surface area (Å²) >= 11 is 0. The predicted molar refractivity (Wildman–Crippen MR) is 69.6 cm³/mol. The third-order valence-electron chi connectivity index (χ3n) is 4.25. The SMILES string of the molecule is CC1CC(NC2CCN(C)C2)CC(C)(C)C1. The van der Waals surface area contributed by atoms with E-state index in [4.69, 9.17) is 0 Å². The second-order valence-corrected chi connectivity index (χ2v) is 7.02. The molecule has 0 aromatic rings. The third kappa shape index (κ3) is 3.21. The van der Waals surface area contributed by atoms with Crippen LogP contribution in [-0.4, -0.2) is 37.1 Å². The van der Waals surface area contributed by atoms with Crippen molar-refractivity contribution in [3.63, 3.8) is 0 Å². The van der Waals surface area contributed by atoms with Gasteiger partial charge in [-0.25, -0.2) is 0 Å². The molecule has 1 saturated heterocycles. The van der Waals surface area contributed by atoms with Crippen molar-refractivity contribution in [1.82, 2.24) is 10.2 Å². The molecule has 2 aliphatic rings. The van der Waals surface area contributed by atoms with Crippen LogP contribution >= 0.6 is 0 Å². The van der Waals surface area contributed by atoms with E-state index in [1.165, 1.54) is 38.8 Å². The van der Waals surface area contributed by atoms with Gasteiger partial charge in [0.05, 0.1) is 0 Å². The lowest BCUT2D eigenvalue weighted by atomic mass is 9.70. The Hall–Kier alpha value is -0.0800. The number of nitrogens with zero attached hydrogens (tertiary/aromatic N) is 1. The highest BCUT2D eigenvalue weighted by Crippen LogP contribution is 2.38. The van der Waals surface area contributed by atoms with Gasteiger partial charge in [0.1, 0.15) is 0 Å². The lowest BCUT2D eigenvalue weighted by molar-refractivity contribution is 0.144. The lowest BCUT2D eigenvalue weighted by Crippen LogP contribution is -2.45. The molecule has 94 valence electrons. The predicted octanol–water partition coefficient (Wildman–Crippen LogP) is 2.49. The van der Waals surface area contributed by atoms with Gasteiger partial charge in [-0.1, -0.05) is 20.8 Å². The van der Waals surface area contributed by atoms with Crippen molar-refractivity contribution in [3.05, 3.63) is 0 Å². The van der Waals surface area contributed by atoms with E-state index in [9.17, 15) is 0 Å². The molecule has 1 saturated carbocycles. The molecule has 1 N–H and O–H groups in total. The minimum Gasteiger partial charge on any atom is -0.310 e. The Morgan fingerprint density at radius 3 is 2.50 bits per heavy atom. The van der Waals surface area contributed by atoms with Gasteiger partial charge in [-0.2, -0.15) is 0 Å². The Morgan fingerprint density at radius 1 is 1.19 bits per heavy atom. The van der Waals surface area contributed by atoms with Crippen LogP contribution in [-0.2, 0) is 0 Å². The molecule has 3 atom stereocenters. The summed E-state index contributed by atoms with van der Waals surface area (Å²) in [7, 11) is 2.23. The third-order valence-corrected chi connectivity index (χ3v) is 4.25. The molecule has 0 radical (unpaired) electrons. The second kappa shape index (κ2) is 4.66. The fraction of sp³-hybridized carbons (Fsp3) is 1.00. The van der Waals surface area contributed by atoms with Crippen LogP contribution in [0.15, 0.2) is 0 Å². The van der Waals surface area contributed by atoms with E-state index in [2.05, 4.69) is 38.0 Å². The molecule has 1 aliphatic heterocycles. The Morgan fingerprint density at radius 2 is 1.94 bits per heavy atom. The Balaban J connectivity index is 1.85. The van der Waals surface area contributed by atoms with Gasteiger partial charge in [0.15, 0.2) is 0 Å². The van der Waals surface area contributed by atoms with E-state index in [0.717, 1.165) is 18.0 Å². The molecule has 0 bridgehead atoms. The van der Waals surface area contributed by atoms with Gasteiger partial charge in [-0.3, -0.25) is 0 Å². The number of likely N-dealkylation sites (N-methyl/N-ethyl adjacent to an activating group) is 1. The molecule has 2 nitrogen and oxygen atoms in total. The first kappa shape index (κ1) is 12.4. The highest BCUT2D eigenvalue weighted by atomic mass is 15.2. The normalized spacial score (nSPS) is 40.1. The van der Waals surface area contributed by atoms with Crippen LogP contribution in [0.25, 0.3) is 0 Å². The van der Waals surface area contributed by atoms with Crippen molar-refractivity contribution < 1.29 is 0 Å². The van der Waals surface area contributed by atoms with Gasteiger partial charge in [-0.05, 0) is 50.6 Å². The van der Waals surface area contributed by atoms with Gasteiger partial charge >= 0.3 is 0 Å². The molecule has 0 spiro atoms. The van der Waals surface area contributed by atoms with Crippen molar-refractivity contribution in [2.45, 2.75) is 58.5 Å². The molecule has 0 aromatic heterocycles. The van der Waals surface area contributed by atoms with Gasteiger partial charge in [0, 0.05) is 18.6 Å². The summed E-state index contributed by atoms with van der Waals surface area (Å²) in [4.78, 5) is 2.44. The molecule has 16 heavy (non-hydrogen) atoms. The Bertz CT molecular complexity index is 237. The van der Waals surface area contributed by atoms with E-state index in [0.29, 0.717) is 5.41 Å². The number of likely N-dealkylation sites (tertiary alicyclic amines) is 1. The van der Waals surface area contributed by atoms with E-state index in [1.54, 1.807) is 0 Å². The van der Waals surface area contributed by atoms with Crippen LogP contribution in [0.5, 0.6) is 0 Å². The fourth-order valence-corrected chi connectivity index (χ4v) is 3.88. The number of hydrogen-bond acceptors (Lipinski definition) is 2. The minimum absolute atomic E-state index is 0.542. The number of hydrogen-bond donors (Lipinski definition) is 1. The average molecular weight is 224 g/mol. The topological polar surface area (TPSA) is 15.3 Å². The summed E-state index contributed by atoms with van der Waals surface area (Å²) < 4.78 is 0. The van der Waals surface area contributed by atoms with Crippen LogP contribution in [0.3, 0.4) is 0 Å². The molecule has 1 aliphatic carbocycles. The molecular formula is C14H28N2. The Labute approximate surface area is 101 Å². The smallest absolute Gasteiger partial charge is 0.0209 e. The maximum atomic E-state index is 3.89. The summed E-state index contributed by atoms with van der Waals surface area (Å²) in [6.07, 6.45) is 5.47. The molecule has 2 rings (SSSR count). The summed E-state index contributed by atoms with van der Waals surface area (Å²) in [5, 5.41) is 3.89. The van der Waals surface area contributed by atoms with Crippen molar-refractivity contribution in [1.29, 1.82) is 0 Å². The lowest BCUT2D eigenvalue weighted by Gasteiger charge is -2.40. The van der Waals surface area contributed by atoms with Crippen LogP contribution in [0.2, 0.25) is 0 Å². The van der Waals surface area contributed by atoms with E-state index < -0.39 is 0 Å². The maximum Gasteiger partial charge on any atom is 0.0209 e. The largest absolute Gasteiger partial charge is 0.310 e. The van der Waals surface area contributed by atoms with Crippen molar-refractivity contribution in [3.8, 4) is 0 Å². The average Bonchev–Trinajstić information content (AvgIpc) is 2.46. The molecule has 0 aromatic carbocycles. The van der Waals surface area contributed by atoms with Crippen LogP contribution in [0.4, 0.5) is 0 Å². The molecule has 3 unspecified atom stereocenters. The van der Waals surface area contributed by atoms with Gasteiger partial charge in [0.25, 0.3) is 0 Å². The zero-order valence-electron chi connectivity index (χ0n) is 11.4. The maximum absolute atomic E-state index is 3.89. The fourth-order valence-electron chi connectivity index (χ4n) is 3.88. The molecule has 1 heterocycles. The van der Waals surface area contributed by atoms with Gasteiger partial charge in [0.2, 0.25) is 0 Å². The first-order valence-electron chi connectivity index (χ1n) is 6.89. The highest BCUT2D eigenvalue weighted by molar-refractivity contribution is 4.90. The first-order valence-corrected chi connectivity index (χ1v) is 6.89. The Kier molecular flexibility index (Phi) is 3.60. The van der Waals surface area contributed by atoms with Crippen molar-refractivity contribution >= 4 is 0 Å². The highest BCUT2D eigenvalue weighted by Gasteiger charge is 2.33. The molecule has 2 fully saturated rings. The van der Waals surface area contributed by atoms with Crippen molar-refractivity contribution in [2.24, 2.45) is 11.3 Å². The van der Waals surface area contributed by atoms with Crippen LogP contribution in [0.1, 0.15) is 46.5 Å². The van der Waals surface area contributed by atoms with Crippen LogP contribution in [0, 0.1) is 11.3 Å². The van der Waals surface area contributed by atoms with E-state index in [-0.39, 0.29) is 0 Å². The number of nitrogens with one attached hydrogen (secondary N) is 1. The monoisotopic (exact) mass is 224 g/mol. The summed E-state index contributed by atoms with van der Waals surface area (Å²) in [5.74, 6) is 0.889. The van der Waals surface area contributed by atoms with E-state index >= 15 is 0 Å². The quantitative estimate of drug-likeness (QED) is 0.775. The van der Waals surface area contributed by atoms with Crippen LogP contribution < -0.4 is 5.32 Å². The second-order valence-electron chi connectivity index (χ2n) is 7.02. The van der Waals surface area contributed by atoms with Gasteiger partial charge in [-0.15, -0.1) is 0 Å². The zero-order chi connectivity index (χ0) is 11.8. The van der Waals surface area contributed by atoms with E-state index in [1.807, 2.05) is 0 Å². The molecule has 0 amide bonds. The zero-order valence-corrected chi connectivity index (χ0v) is 11.4. The standard InChI is InChI=1S/C14H28N2/c1-11-7-13(9-14(2,3)8-11)15-12-5-6-16(4)10-12/h11-13,15H,5-10H2,1-4H3. The molecule has 2 heteroatoms. The molecular weight excluding hydrogens is 196 g/mol. The summed E-state index contributed by atoms with van der Waals surface area (Å²) in [5.41, 5.74) is 0.542. The summed E-state index contributed by atoms with van der Waals surface area (Å²) in [6, 6.07) is 1.51. The minimum atomic E-state index is 0.542.